The third-order valence-corrected chi connectivity index (χ3v) is 5.37. The van der Waals surface area contributed by atoms with E-state index in [0.717, 1.165) is 43.5 Å². The molecule has 0 fully saturated rings. The summed E-state index contributed by atoms with van der Waals surface area (Å²) in [5.74, 6) is 0.873. The van der Waals surface area contributed by atoms with E-state index in [1.54, 1.807) is 0 Å². The quantitative estimate of drug-likeness (QED) is 0.344. The molecule has 4 heteroatoms. The van der Waals surface area contributed by atoms with Gasteiger partial charge in [0.25, 0.3) is 0 Å². The fraction of sp³-hybridized carbons (Fsp3) is 0.0435. The number of para-hydroxylation sites is 2. The first-order valence-corrected chi connectivity index (χ1v) is 9.57. The molecule has 0 saturated heterocycles. The van der Waals surface area contributed by atoms with Gasteiger partial charge in [-0.1, -0.05) is 58.4 Å². The van der Waals surface area contributed by atoms with Crippen LogP contribution < -0.4 is 0 Å². The molecular weight excluding hydrogens is 398 g/mol. The number of halogens is 1. The largest absolute Gasteiger partial charge is 0.326 e. The Hall–Kier alpha value is -2.98. The van der Waals surface area contributed by atoms with Crippen LogP contribution in [0.1, 0.15) is 0 Å². The van der Waals surface area contributed by atoms with Gasteiger partial charge in [-0.05, 0) is 47.5 Å². The Kier molecular flexibility index (Phi) is 3.80. The first kappa shape index (κ1) is 16.2. The summed E-state index contributed by atoms with van der Waals surface area (Å²) in [5.41, 5.74) is 6.25. The standard InChI is InChI=1S/C23H16BrN3/c1-27-22-10-6-5-9-20(22)26-23(27)21-14-17(15-7-3-2-4-8-15)18-13-16(24)11-12-19(18)25-21/h2-14H,1H3. The number of fused-ring (bicyclic) bond motifs is 2. The zero-order valence-electron chi connectivity index (χ0n) is 14.7. The zero-order valence-corrected chi connectivity index (χ0v) is 16.3. The van der Waals surface area contributed by atoms with E-state index in [2.05, 4.69) is 69.0 Å². The number of pyridine rings is 1. The monoisotopic (exact) mass is 413 g/mol. The number of rotatable bonds is 2. The molecule has 5 rings (SSSR count). The van der Waals surface area contributed by atoms with Crippen molar-refractivity contribution in [3.63, 3.8) is 0 Å². The Bertz CT molecular complexity index is 1290. The molecular formula is C23H16BrN3. The molecule has 2 aromatic heterocycles. The van der Waals surface area contributed by atoms with E-state index >= 15 is 0 Å². The molecule has 0 atom stereocenters. The summed E-state index contributed by atoms with van der Waals surface area (Å²) in [7, 11) is 2.04. The summed E-state index contributed by atoms with van der Waals surface area (Å²) >= 11 is 3.59. The predicted molar refractivity (Wildman–Crippen MR) is 115 cm³/mol. The molecule has 3 nitrogen and oxygen atoms in total. The fourth-order valence-electron chi connectivity index (χ4n) is 3.54. The number of nitrogens with zero attached hydrogens (tertiary/aromatic N) is 3. The smallest absolute Gasteiger partial charge is 0.159 e. The molecule has 0 aliphatic heterocycles. The maximum absolute atomic E-state index is 4.92. The van der Waals surface area contributed by atoms with Crippen molar-refractivity contribution < 1.29 is 0 Å². The molecule has 5 aromatic rings. The average Bonchev–Trinajstić information content (AvgIpc) is 3.05. The van der Waals surface area contributed by atoms with Crippen LogP contribution in [0, 0.1) is 0 Å². The van der Waals surface area contributed by atoms with Gasteiger partial charge in [-0.25, -0.2) is 9.97 Å². The second-order valence-corrected chi connectivity index (χ2v) is 7.48. The molecule has 0 spiro atoms. The highest BCUT2D eigenvalue weighted by molar-refractivity contribution is 9.10. The molecule has 3 aromatic carbocycles. The molecule has 0 bridgehead atoms. The van der Waals surface area contributed by atoms with E-state index in [9.17, 15) is 0 Å². The lowest BCUT2D eigenvalue weighted by Crippen LogP contribution is -1.96. The van der Waals surface area contributed by atoms with Crippen LogP contribution in [0.3, 0.4) is 0 Å². The maximum Gasteiger partial charge on any atom is 0.159 e. The summed E-state index contributed by atoms with van der Waals surface area (Å²) in [5, 5.41) is 1.12. The van der Waals surface area contributed by atoms with Crippen LogP contribution >= 0.6 is 15.9 Å². The minimum atomic E-state index is 0.873. The predicted octanol–water partition coefficient (Wildman–Crippen LogP) is 6.22. The molecule has 130 valence electrons. The van der Waals surface area contributed by atoms with Crippen LogP contribution in [0.5, 0.6) is 0 Å². The molecule has 0 aliphatic carbocycles. The first-order chi connectivity index (χ1) is 13.2. The van der Waals surface area contributed by atoms with Gasteiger partial charge in [-0.3, -0.25) is 0 Å². The van der Waals surface area contributed by atoms with Gasteiger partial charge in [-0.2, -0.15) is 0 Å². The number of benzene rings is 3. The van der Waals surface area contributed by atoms with Crippen molar-refractivity contribution in [3.05, 3.63) is 83.3 Å². The van der Waals surface area contributed by atoms with E-state index in [0.29, 0.717) is 0 Å². The average molecular weight is 414 g/mol. The van der Waals surface area contributed by atoms with E-state index < -0.39 is 0 Å². The van der Waals surface area contributed by atoms with Gasteiger partial charge in [0, 0.05) is 16.9 Å². The third kappa shape index (κ3) is 2.73. The van der Waals surface area contributed by atoms with Crippen molar-refractivity contribution in [2.24, 2.45) is 7.05 Å². The number of aryl methyl sites for hydroxylation is 1. The van der Waals surface area contributed by atoms with Crippen molar-refractivity contribution in [1.82, 2.24) is 14.5 Å². The lowest BCUT2D eigenvalue weighted by atomic mass is 10.00. The SMILES string of the molecule is Cn1c(-c2cc(-c3ccccc3)c3cc(Br)ccc3n2)nc2ccccc21. The minimum absolute atomic E-state index is 0.873. The molecule has 0 unspecified atom stereocenters. The highest BCUT2D eigenvalue weighted by atomic mass is 79.9. The fourth-order valence-corrected chi connectivity index (χ4v) is 3.90. The first-order valence-electron chi connectivity index (χ1n) is 8.78. The molecule has 0 radical (unpaired) electrons. The number of aromatic nitrogens is 3. The Balaban J connectivity index is 1.83. The lowest BCUT2D eigenvalue weighted by molar-refractivity contribution is 0.952. The summed E-state index contributed by atoms with van der Waals surface area (Å²) in [6, 6.07) is 27.0. The highest BCUT2D eigenvalue weighted by Gasteiger charge is 2.15. The van der Waals surface area contributed by atoms with Gasteiger partial charge in [-0.15, -0.1) is 0 Å². The van der Waals surface area contributed by atoms with Gasteiger partial charge in [0.1, 0.15) is 5.69 Å². The van der Waals surface area contributed by atoms with Crippen LogP contribution in [0.4, 0.5) is 0 Å². The summed E-state index contributed by atoms with van der Waals surface area (Å²) < 4.78 is 3.15. The molecule has 27 heavy (non-hydrogen) atoms. The lowest BCUT2D eigenvalue weighted by Gasteiger charge is -2.11. The number of hydrogen-bond donors (Lipinski definition) is 0. The van der Waals surface area contributed by atoms with Gasteiger partial charge in [0.05, 0.1) is 16.6 Å². The molecule has 0 aliphatic rings. The van der Waals surface area contributed by atoms with Crippen LogP contribution in [0.2, 0.25) is 0 Å². The van der Waals surface area contributed by atoms with Crippen LogP contribution in [0.25, 0.3) is 44.6 Å². The Labute approximate surface area is 165 Å². The van der Waals surface area contributed by atoms with Gasteiger partial charge < -0.3 is 4.57 Å². The number of hydrogen-bond acceptors (Lipinski definition) is 2. The van der Waals surface area contributed by atoms with Crippen molar-refractivity contribution in [1.29, 1.82) is 0 Å². The normalized spacial score (nSPS) is 11.3. The second-order valence-electron chi connectivity index (χ2n) is 6.57. The minimum Gasteiger partial charge on any atom is -0.326 e. The summed E-state index contributed by atoms with van der Waals surface area (Å²) in [6.07, 6.45) is 0. The highest BCUT2D eigenvalue weighted by Crippen LogP contribution is 2.34. The molecule has 0 amide bonds. The Morgan fingerprint density at radius 2 is 1.56 bits per heavy atom. The van der Waals surface area contributed by atoms with Crippen molar-refractivity contribution in [3.8, 4) is 22.6 Å². The second kappa shape index (κ2) is 6.32. The van der Waals surface area contributed by atoms with Crippen LogP contribution in [0.15, 0.2) is 83.3 Å². The van der Waals surface area contributed by atoms with Gasteiger partial charge >= 0.3 is 0 Å². The van der Waals surface area contributed by atoms with E-state index in [1.807, 2.05) is 37.4 Å². The van der Waals surface area contributed by atoms with Crippen molar-refractivity contribution in [2.75, 3.05) is 0 Å². The Morgan fingerprint density at radius 1 is 0.778 bits per heavy atom. The maximum atomic E-state index is 4.92. The third-order valence-electron chi connectivity index (χ3n) is 4.87. The summed E-state index contributed by atoms with van der Waals surface area (Å²) in [6.45, 7) is 0. The topological polar surface area (TPSA) is 30.7 Å². The molecule has 0 N–H and O–H groups in total. The Morgan fingerprint density at radius 3 is 2.37 bits per heavy atom. The van der Waals surface area contributed by atoms with Crippen molar-refractivity contribution >= 4 is 37.9 Å². The summed E-state index contributed by atoms with van der Waals surface area (Å²) in [4.78, 5) is 9.76. The van der Waals surface area contributed by atoms with E-state index in [1.165, 1.54) is 5.56 Å². The molecule has 0 saturated carbocycles. The van der Waals surface area contributed by atoms with E-state index in [4.69, 9.17) is 9.97 Å². The zero-order chi connectivity index (χ0) is 18.4. The van der Waals surface area contributed by atoms with Gasteiger partial charge in [0.2, 0.25) is 0 Å². The van der Waals surface area contributed by atoms with Crippen LogP contribution in [-0.2, 0) is 7.05 Å². The molecule has 2 heterocycles. The van der Waals surface area contributed by atoms with Gasteiger partial charge in [0.15, 0.2) is 5.82 Å². The van der Waals surface area contributed by atoms with Crippen molar-refractivity contribution in [2.45, 2.75) is 0 Å². The van der Waals surface area contributed by atoms with Crippen LogP contribution in [-0.4, -0.2) is 14.5 Å². The van der Waals surface area contributed by atoms with E-state index in [-0.39, 0.29) is 0 Å². The number of imidazole rings is 1.